The number of carbonyl (C=O) groups is 1. The Morgan fingerprint density at radius 2 is 1.72 bits per heavy atom. The Hall–Kier alpha value is -0.530. The first-order chi connectivity index (χ1) is 15.2. The number of carbonyl (C=O) groups excluding carboxylic acids is 1. The van der Waals surface area contributed by atoms with Gasteiger partial charge < -0.3 is 4.74 Å². The summed E-state index contributed by atoms with van der Waals surface area (Å²) in [5, 5.41) is 0. The minimum atomic E-state index is 0.0239. The molecule has 0 saturated heterocycles. The summed E-state index contributed by atoms with van der Waals surface area (Å²) in [6.45, 7) is 14.5. The van der Waals surface area contributed by atoms with Gasteiger partial charge in [0.05, 0.1) is 0 Å². The van der Waals surface area contributed by atoms with Gasteiger partial charge in [-0.2, -0.15) is 0 Å². The van der Waals surface area contributed by atoms with Crippen molar-refractivity contribution in [2.24, 2.45) is 52.3 Å². The van der Waals surface area contributed by atoms with Crippen LogP contribution in [0.1, 0.15) is 125 Å². The van der Waals surface area contributed by atoms with Crippen LogP contribution in [-0.2, 0) is 9.53 Å². The Labute approximate surface area is 199 Å². The van der Waals surface area contributed by atoms with Crippen molar-refractivity contribution in [3.05, 3.63) is 0 Å². The fourth-order valence-corrected chi connectivity index (χ4v) is 9.74. The van der Waals surface area contributed by atoms with E-state index in [1.807, 2.05) is 6.92 Å². The molecule has 32 heavy (non-hydrogen) atoms. The second-order valence-electron chi connectivity index (χ2n) is 13.3. The average Bonchev–Trinajstić information content (AvgIpc) is 3.11. The van der Waals surface area contributed by atoms with Crippen LogP contribution in [0.2, 0.25) is 0 Å². The molecule has 4 aliphatic carbocycles. The lowest BCUT2D eigenvalue weighted by atomic mass is 9.44. The number of esters is 1. The van der Waals surface area contributed by atoms with Crippen molar-refractivity contribution in [1.29, 1.82) is 0 Å². The summed E-state index contributed by atoms with van der Waals surface area (Å²) in [6.07, 6.45) is 17.1. The van der Waals surface area contributed by atoms with Crippen LogP contribution in [0, 0.1) is 52.3 Å². The summed E-state index contributed by atoms with van der Waals surface area (Å²) in [4.78, 5) is 12.3. The molecule has 4 rings (SSSR count). The Morgan fingerprint density at radius 1 is 0.938 bits per heavy atom. The number of ether oxygens (including phenoxy) is 1. The summed E-state index contributed by atoms with van der Waals surface area (Å²) in [7, 11) is 0. The molecule has 9 atom stereocenters. The first-order valence-corrected chi connectivity index (χ1v) is 14.4. The van der Waals surface area contributed by atoms with Crippen LogP contribution in [0.3, 0.4) is 0 Å². The second-order valence-corrected chi connectivity index (χ2v) is 13.3. The third kappa shape index (κ3) is 4.19. The standard InChI is InChI=1S/C30H52O2/c1-7-28(31)32-27-13-9-12-22-14-15-23-25-17-16-24(21(4)11-8-10-20(2)3)29(25,5)19-18-26(23)30(22,27)6/h20-27H,7-19H2,1-6H3/t21-,22+,23+,24-,25+,26+,27?,29-,30+/m1/s1. The van der Waals surface area contributed by atoms with Gasteiger partial charge in [0, 0.05) is 11.8 Å². The van der Waals surface area contributed by atoms with Crippen LogP contribution in [0.15, 0.2) is 0 Å². The zero-order valence-electron chi connectivity index (χ0n) is 22.1. The van der Waals surface area contributed by atoms with E-state index in [0.717, 1.165) is 47.8 Å². The molecule has 0 spiro atoms. The van der Waals surface area contributed by atoms with Gasteiger partial charge in [-0.25, -0.2) is 0 Å². The van der Waals surface area contributed by atoms with Crippen molar-refractivity contribution in [2.45, 2.75) is 131 Å². The lowest BCUT2D eigenvalue weighted by molar-refractivity contribution is -0.191. The minimum absolute atomic E-state index is 0.0239. The molecular weight excluding hydrogens is 392 g/mol. The Kier molecular flexibility index (Phi) is 7.39. The predicted octanol–water partition coefficient (Wildman–Crippen LogP) is 8.43. The van der Waals surface area contributed by atoms with Gasteiger partial charge in [-0.3, -0.25) is 4.79 Å². The number of fused-ring (bicyclic) bond motifs is 5. The van der Waals surface area contributed by atoms with Gasteiger partial charge in [-0.1, -0.05) is 60.8 Å². The molecule has 4 aliphatic rings. The van der Waals surface area contributed by atoms with E-state index in [9.17, 15) is 4.79 Å². The minimum Gasteiger partial charge on any atom is -0.462 e. The van der Waals surface area contributed by atoms with E-state index in [1.54, 1.807) is 0 Å². The first kappa shape index (κ1) is 24.6. The molecule has 2 nitrogen and oxygen atoms in total. The summed E-state index contributed by atoms with van der Waals surface area (Å²) in [6, 6.07) is 0. The van der Waals surface area contributed by atoms with Gasteiger partial charge >= 0.3 is 5.97 Å². The SMILES string of the molecule is CCC(=O)OC1CCC[C@H]2CC[C@H]3[C@@H]4CC[C@H]([C@H](C)CCCC(C)C)[C@@]4(C)CC[C@@H]3[C@@]12C. The molecule has 0 aromatic heterocycles. The Bertz CT molecular complexity index is 655. The molecule has 184 valence electrons. The fourth-order valence-electron chi connectivity index (χ4n) is 9.74. The maximum atomic E-state index is 12.3. The zero-order chi connectivity index (χ0) is 23.1. The van der Waals surface area contributed by atoms with E-state index in [-0.39, 0.29) is 17.5 Å². The highest BCUT2D eigenvalue weighted by atomic mass is 16.5. The number of hydrogen-bond acceptors (Lipinski definition) is 2. The number of hydrogen-bond donors (Lipinski definition) is 0. The summed E-state index contributed by atoms with van der Waals surface area (Å²) in [5.74, 6) is 5.96. The molecule has 0 bridgehead atoms. The van der Waals surface area contributed by atoms with E-state index in [2.05, 4.69) is 34.6 Å². The van der Waals surface area contributed by atoms with E-state index >= 15 is 0 Å². The molecule has 0 N–H and O–H groups in total. The van der Waals surface area contributed by atoms with Crippen molar-refractivity contribution >= 4 is 5.97 Å². The highest BCUT2D eigenvalue weighted by Gasteiger charge is 2.62. The summed E-state index contributed by atoms with van der Waals surface area (Å²) < 4.78 is 6.18. The molecule has 0 aromatic rings. The van der Waals surface area contributed by atoms with Gasteiger partial charge in [-0.05, 0) is 105 Å². The highest BCUT2D eigenvalue weighted by Crippen LogP contribution is 2.68. The fraction of sp³-hybridized carbons (Fsp3) is 0.967. The van der Waals surface area contributed by atoms with E-state index < -0.39 is 0 Å². The molecule has 0 amide bonds. The molecule has 4 fully saturated rings. The average molecular weight is 445 g/mol. The molecule has 2 heteroatoms. The summed E-state index contributed by atoms with van der Waals surface area (Å²) in [5.41, 5.74) is 0.764. The quantitative estimate of drug-likeness (QED) is 0.368. The Balaban J connectivity index is 1.51. The van der Waals surface area contributed by atoms with Crippen LogP contribution >= 0.6 is 0 Å². The Morgan fingerprint density at radius 3 is 2.44 bits per heavy atom. The van der Waals surface area contributed by atoms with Gasteiger partial charge in [0.25, 0.3) is 0 Å². The smallest absolute Gasteiger partial charge is 0.305 e. The van der Waals surface area contributed by atoms with Crippen LogP contribution < -0.4 is 0 Å². The van der Waals surface area contributed by atoms with Crippen molar-refractivity contribution < 1.29 is 9.53 Å². The van der Waals surface area contributed by atoms with Gasteiger partial charge in [0.2, 0.25) is 0 Å². The lowest BCUT2D eigenvalue weighted by Gasteiger charge is -2.62. The molecule has 1 unspecified atom stereocenters. The van der Waals surface area contributed by atoms with E-state index in [4.69, 9.17) is 4.74 Å². The van der Waals surface area contributed by atoms with Crippen molar-refractivity contribution in [3.63, 3.8) is 0 Å². The molecule has 0 aromatic carbocycles. The van der Waals surface area contributed by atoms with Crippen LogP contribution in [-0.4, -0.2) is 12.1 Å². The van der Waals surface area contributed by atoms with Gasteiger partial charge in [0.1, 0.15) is 6.10 Å². The zero-order valence-corrected chi connectivity index (χ0v) is 22.1. The summed E-state index contributed by atoms with van der Waals surface area (Å²) >= 11 is 0. The number of rotatable bonds is 7. The first-order valence-electron chi connectivity index (χ1n) is 14.4. The lowest BCUT2D eigenvalue weighted by Crippen LogP contribution is -2.58. The molecule has 0 heterocycles. The normalized spacial score (nSPS) is 44.5. The highest BCUT2D eigenvalue weighted by molar-refractivity contribution is 5.69. The molecule has 0 aliphatic heterocycles. The van der Waals surface area contributed by atoms with E-state index in [0.29, 0.717) is 11.8 Å². The van der Waals surface area contributed by atoms with Crippen molar-refractivity contribution in [2.75, 3.05) is 0 Å². The van der Waals surface area contributed by atoms with Crippen molar-refractivity contribution in [3.8, 4) is 0 Å². The second kappa shape index (κ2) is 9.61. The van der Waals surface area contributed by atoms with E-state index in [1.165, 1.54) is 70.6 Å². The van der Waals surface area contributed by atoms with Crippen LogP contribution in [0.5, 0.6) is 0 Å². The maximum Gasteiger partial charge on any atom is 0.305 e. The molecule has 4 saturated carbocycles. The maximum absolute atomic E-state index is 12.3. The van der Waals surface area contributed by atoms with Gasteiger partial charge in [-0.15, -0.1) is 0 Å². The van der Waals surface area contributed by atoms with Crippen molar-refractivity contribution in [1.82, 2.24) is 0 Å². The molecular formula is C30H52O2. The monoisotopic (exact) mass is 444 g/mol. The van der Waals surface area contributed by atoms with Crippen LogP contribution in [0.25, 0.3) is 0 Å². The largest absolute Gasteiger partial charge is 0.462 e. The molecule has 0 radical (unpaired) electrons. The topological polar surface area (TPSA) is 26.3 Å². The predicted molar refractivity (Wildman–Crippen MR) is 133 cm³/mol. The third-order valence-corrected chi connectivity index (χ3v) is 11.4. The van der Waals surface area contributed by atoms with Gasteiger partial charge in [0.15, 0.2) is 0 Å². The van der Waals surface area contributed by atoms with Crippen LogP contribution in [0.4, 0.5) is 0 Å². The third-order valence-electron chi connectivity index (χ3n) is 11.4.